The molecule has 2 unspecified atom stereocenters. The molecule has 0 bridgehead atoms. The van der Waals surface area contributed by atoms with Crippen molar-refractivity contribution in [2.24, 2.45) is 0 Å². The number of urea groups is 1. The van der Waals surface area contributed by atoms with Crippen LogP contribution in [0.1, 0.15) is 52.5 Å². The van der Waals surface area contributed by atoms with E-state index in [4.69, 9.17) is 14.4 Å². The van der Waals surface area contributed by atoms with Crippen LogP contribution in [-0.2, 0) is 25.8 Å². The molecule has 1 aromatic carbocycles. The van der Waals surface area contributed by atoms with Crippen molar-refractivity contribution in [2.45, 2.75) is 71.3 Å². The number of benzene rings is 1. The molecular weight excluding hydrogens is 440 g/mol. The Morgan fingerprint density at radius 1 is 1.12 bits per heavy atom. The van der Waals surface area contributed by atoms with Crippen LogP contribution in [0.15, 0.2) is 30.3 Å². The van der Waals surface area contributed by atoms with Crippen LogP contribution in [0.25, 0.3) is 0 Å². The maximum Gasteiger partial charge on any atom is 0.410 e. The molecule has 0 aromatic heterocycles. The van der Waals surface area contributed by atoms with Crippen molar-refractivity contribution < 1.29 is 28.8 Å². The molecule has 2 aliphatic rings. The highest BCUT2D eigenvalue weighted by Crippen LogP contribution is 2.20. The van der Waals surface area contributed by atoms with Crippen LogP contribution in [-0.4, -0.2) is 76.8 Å². The number of hydrogen-bond donors (Lipinski definition) is 1. The van der Waals surface area contributed by atoms with Crippen LogP contribution in [0.4, 0.5) is 9.59 Å². The number of rotatable bonds is 7. The van der Waals surface area contributed by atoms with Crippen molar-refractivity contribution >= 4 is 18.0 Å². The predicted octanol–water partition coefficient (Wildman–Crippen LogP) is 3.08. The summed E-state index contributed by atoms with van der Waals surface area (Å²) < 4.78 is 5.43. The summed E-state index contributed by atoms with van der Waals surface area (Å²) in [5.41, 5.74) is 2.90. The Hall–Kier alpha value is -2.85. The van der Waals surface area contributed by atoms with E-state index in [0.29, 0.717) is 39.0 Å². The third-order valence-electron chi connectivity index (χ3n) is 5.67. The molecule has 10 nitrogen and oxygen atoms in total. The SMILES string of the molecule is CCN1C(=O)N(OCc2ccccc2)CCC1C(=O)NOC1CCCN(C(=O)OC(C)(C)C)C1. The van der Waals surface area contributed by atoms with Gasteiger partial charge in [-0.3, -0.25) is 14.5 Å². The summed E-state index contributed by atoms with van der Waals surface area (Å²) in [5, 5.41) is 1.31. The fraction of sp³-hybridized carbons (Fsp3) is 0.625. The quantitative estimate of drug-likeness (QED) is 0.607. The normalized spacial score (nSPS) is 21.4. The number of amides is 4. The Morgan fingerprint density at radius 3 is 2.53 bits per heavy atom. The highest BCUT2D eigenvalue weighted by molar-refractivity contribution is 5.87. The van der Waals surface area contributed by atoms with Crippen molar-refractivity contribution in [1.29, 1.82) is 0 Å². The molecule has 2 saturated heterocycles. The van der Waals surface area contributed by atoms with Crippen LogP contribution in [0, 0.1) is 0 Å². The lowest BCUT2D eigenvalue weighted by Gasteiger charge is -2.39. The summed E-state index contributed by atoms with van der Waals surface area (Å²) in [4.78, 5) is 52.5. The first kappa shape index (κ1) is 25.8. The number of nitrogens with zero attached hydrogens (tertiary/aromatic N) is 3. The van der Waals surface area contributed by atoms with Gasteiger partial charge in [-0.2, -0.15) is 0 Å². The molecule has 3 rings (SSSR count). The van der Waals surface area contributed by atoms with E-state index in [-0.39, 0.29) is 24.6 Å². The van der Waals surface area contributed by atoms with Crippen LogP contribution in [0.3, 0.4) is 0 Å². The fourth-order valence-electron chi connectivity index (χ4n) is 3.98. The maximum absolute atomic E-state index is 12.9. The molecule has 2 heterocycles. The monoisotopic (exact) mass is 476 g/mol. The number of carbonyl (C=O) groups is 3. The second-order valence-corrected chi connectivity index (χ2v) is 9.51. The third-order valence-corrected chi connectivity index (χ3v) is 5.67. The van der Waals surface area contributed by atoms with Crippen LogP contribution in [0.2, 0.25) is 0 Å². The van der Waals surface area contributed by atoms with Gasteiger partial charge in [0.05, 0.1) is 13.1 Å². The van der Waals surface area contributed by atoms with Gasteiger partial charge >= 0.3 is 12.1 Å². The Balaban J connectivity index is 1.48. The predicted molar refractivity (Wildman–Crippen MR) is 124 cm³/mol. The number of hydrogen-bond acceptors (Lipinski definition) is 6. The van der Waals surface area contributed by atoms with E-state index in [0.717, 1.165) is 12.0 Å². The molecule has 0 spiro atoms. The molecule has 2 aliphatic heterocycles. The zero-order chi connectivity index (χ0) is 24.7. The van der Waals surface area contributed by atoms with Gasteiger partial charge in [0, 0.05) is 13.1 Å². The van der Waals surface area contributed by atoms with Crippen molar-refractivity contribution in [3.05, 3.63) is 35.9 Å². The van der Waals surface area contributed by atoms with Crippen molar-refractivity contribution in [1.82, 2.24) is 20.3 Å². The maximum atomic E-state index is 12.9. The van der Waals surface area contributed by atoms with Gasteiger partial charge in [-0.05, 0) is 52.5 Å². The van der Waals surface area contributed by atoms with E-state index < -0.39 is 17.7 Å². The van der Waals surface area contributed by atoms with Crippen LogP contribution < -0.4 is 5.48 Å². The van der Waals surface area contributed by atoms with Gasteiger partial charge in [0.25, 0.3) is 5.91 Å². The molecule has 1 N–H and O–H groups in total. The number of piperidine rings is 1. The molecule has 0 radical (unpaired) electrons. The summed E-state index contributed by atoms with van der Waals surface area (Å²) in [6.07, 6.45) is 1.14. The molecule has 4 amide bonds. The average molecular weight is 477 g/mol. The average Bonchev–Trinajstić information content (AvgIpc) is 2.81. The molecule has 0 saturated carbocycles. The lowest BCUT2D eigenvalue weighted by molar-refractivity contribution is -0.164. The molecule has 10 heteroatoms. The van der Waals surface area contributed by atoms with E-state index >= 15 is 0 Å². The minimum Gasteiger partial charge on any atom is -0.444 e. The highest BCUT2D eigenvalue weighted by atomic mass is 16.7. The molecule has 1 aromatic rings. The highest BCUT2D eigenvalue weighted by Gasteiger charge is 2.38. The van der Waals surface area contributed by atoms with Gasteiger partial charge in [0.15, 0.2) is 0 Å². The standard InChI is InChI=1S/C24H36N4O6/c1-5-27-20(13-15-28(22(27)30)32-17-18-10-7-6-8-11-18)21(29)25-34-19-12-9-14-26(16-19)23(31)33-24(2,3)4/h6-8,10-11,19-20H,5,9,12-17H2,1-4H3,(H,25,29). The summed E-state index contributed by atoms with van der Waals surface area (Å²) in [5.74, 6) is -0.382. The summed E-state index contributed by atoms with van der Waals surface area (Å²) in [7, 11) is 0. The zero-order valence-electron chi connectivity index (χ0n) is 20.5. The smallest absolute Gasteiger partial charge is 0.410 e. The molecule has 2 atom stereocenters. The lowest BCUT2D eigenvalue weighted by Crippen LogP contribution is -2.59. The van der Waals surface area contributed by atoms with Crippen LogP contribution in [0.5, 0.6) is 0 Å². The first-order valence-corrected chi connectivity index (χ1v) is 11.9. The topological polar surface area (TPSA) is 101 Å². The summed E-state index contributed by atoms with van der Waals surface area (Å²) >= 11 is 0. The Labute approximate surface area is 201 Å². The van der Waals surface area contributed by atoms with E-state index in [1.165, 1.54) is 9.96 Å². The first-order valence-electron chi connectivity index (χ1n) is 11.9. The van der Waals surface area contributed by atoms with Gasteiger partial charge in [-0.15, -0.1) is 0 Å². The number of likely N-dealkylation sites (tertiary alicyclic amines) is 1. The first-order chi connectivity index (χ1) is 16.2. The van der Waals surface area contributed by atoms with Crippen LogP contribution >= 0.6 is 0 Å². The van der Waals surface area contributed by atoms with Crippen molar-refractivity contribution in [3.63, 3.8) is 0 Å². The molecule has 2 fully saturated rings. The van der Waals surface area contributed by atoms with Gasteiger partial charge in [0.2, 0.25) is 0 Å². The number of ether oxygens (including phenoxy) is 1. The number of hydroxylamine groups is 3. The van der Waals surface area contributed by atoms with E-state index in [1.807, 2.05) is 58.0 Å². The lowest BCUT2D eigenvalue weighted by atomic mass is 10.1. The third kappa shape index (κ3) is 7.07. The van der Waals surface area contributed by atoms with Gasteiger partial charge in [-0.1, -0.05) is 30.3 Å². The van der Waals surface area contributed by atoms with Gasteiger partial charge in [0.1, 0.15) is 24.4 Å². The Morgan fingerprint density at radius 2 is 1.85 bits per heavy atom. The largest absolute Gasteiger partial charge is 0.444 e. The Kier molecular flexibility index (Phi) is 8.73. The number of carbonyl (C=O) groups excluding carboxylic acids is 3. The Bertz CT molecular complexity index is 844. The second-order valence-electron chi connectivity index (χ2n) is 9.51. The summed E-state index contributed by atoms with van der Waals surface area (Å²) in [6.45, 7) is 9.14. The van der Waals surface area contributed by atoms with E-state index in [1.54, 1.807) is 4.90 Å². The van der Waals surface area contributed by atoms with Gasteiger partial charge in [-0.25, -0.2) is 20.1 Å². The molecule has 188 valence electrons. The second kappa shape index (κ2) is 11.5. The van der Waals surface area contributed by atoms with E-state index in [2.05, 4.69) is 5.48 Å². The molecule has 0 aliphatic carbocycles. The minimum absolute atomic E-state index is 0.278. The molecular formula is C24H36N4O6. The van der Waals surface area contributed by atoms with Crippen molar-refractivity contribution in [3.8, 4) is 0 Å². The minimum atomic E-state index is -0.653. The summed E-state index contributed by atoms with van der Waals surface area (Å²) in [6, 6.07) is 8.59. The van der Waals surface area contributed by atoms with Crippen molar-refractivity contribution in [2.75, 3.05) is 26.2 Å². The van der Waals surface area contributed by atoms with E-state index in [9.17, 15) is 14.4 Å². The molecule has 34 heavy (non-hydrogen) atoms. The zero-order valence-corrected chi connectivity index (χ0v) is 20.5. The fourth-order valence-corrected chi connectivity index (χ4v) is 3.98. The number of nitrogens with one attached hydrogen (secondary N) is 1. The van der Waals surface area contributed by atoms with Gasteiger partial charge < -0.3 is 14.5 Å². The number of likely N-dealkylation sites (N-methyl/N-ethyl adjacent to an activating group) is 1.